The molecule has 0 spiro atoms. The van der Waals surface area contributed by atoms with Crippen LogP contribution in [0, 0.1) is 18.8 Å². The van der Waals surface area contributed by atoms with Gasteiger partial charge >= 0.3 is 0 Å². The van der Waals surface area contributed by atoms with Gasteiger partial charge in [0.25, 0.3) is 0 Å². The summed E-state index contributed by atoms with van der Waals surface area (Å²) in [5, 5.41) is 0. The van der Waals surface area contributed by atoms with Gasteiger partial charge in [-0.2, -0.15) is 0 Å². The summed E-state index contributed by atoms with van der Waals surface area (Å²) < 4.78 is 5.29. The second-order valence-corrected chi connectivity index (χ2v) is 8.50. The lowest BCUT2D eigenvalue weighted by Gasteiger charge is -2.17. The minimum Gasteiger partial charge on any atom is -0.497 e. The van der Waals surface area contributed by atoms with Gasteiger partial charge in [0.15, 0.2) is 0 Å². The fraction of sp³-hybridized carbons (Fsp3) is 0.267. The Morgan fingerprint density at radius 3 is 2.19 bits per heavy atom. The van der Waals surface area contributed by atoms with Crippen molar-refractivity contribution < 1.29 is 4.74 Å². The molecular weight excluding hydrogens is 376 g/mol. The molecule has 0 aliphatic heterocycles. The fourth-order valence-electron chi connectivity index (χ4n) is 4.38. The second-order valence-electron chi connectivity index (χ2n) is 8.50. The van der Waals surface area contributed by atoms with E-state index in [2.05, 4.69) is 86.4 Å². The molecule has 1 aliphatic carbocycles. The third kappa shape index (κ3) is 5.28. The topological polar surface area (TPSA) is 9.23 Å². The molecule has 0 saturated heterocycles. The van der Waals surface area contributed by atoms with Gasteiger partial charge in [-0.25, -0.2) is 0 Å². The molecule has 0 radical (unpaired) electrons. The van der Waals surface area contributed by atoms with E-state index in [0.717, 1.165) is 16.9 Å². The van der Waals surface area contributed by atoms with Gasteiger partial charge in [-0.1, -0.05) is 66.7 Å². The van der Waals surface area contributed by atoms with Crippen LogP contribution in [-0.2, 0) is 0 Å². The van der Waals surface area contributed by atoms with Gasteiger partial charge in [0.2, 0.25) is 0 Å². The van der Waals surface area contributed by atoms with Crippen molar-refractivity contribution in [1.29, 1.82) is 0 Å². The standard InChI is InChI=1S/C30H30O/c1-22-8-10-24(11-9-22)12-13-26-16-19-29(30(21-26)27-6-4-5-7-27)23(2)20-25-14-17-28(31-3)18-15-25/h8-11,14-21,27H,4-7H2,1-3H3. The Hall–Kier alpha value is -3.24. The molecule has 0 atom stereocenters. The van der Waals surface area contributed by atoms with Crippen molar-refractivity contribution >= 4 is 11.6 Å². The summed E-state index contributed by atoms with van der Waals surface area (Å²) in [7, 11) is 1.70. The number of ether oxygens (including phenoxy) is 1. The SMILES string of the molecule is COc1ccc(C=C(C)c2ccc(C#Cc3ccc(C)cc3)cc2C2CCCC2)cc1. The van der Waals surface area contributed by atoms with Gasteiger partial charge in [0.05, 0.1) is 7.11 Å². The second kappa shape index (κ2) is 9.71. The highest BCUT2D eigenvalue weighted by atomic mass is 16.5. The van der Waals surface area contributed by atoms with Crippen LogP contribution in [0.5, 0.6) is 5.75 Å². The third-order valence-electron chi connectivity index (χ3n) is 6.17. The highest BCUT2D eigenvalue weighted by molar-refractivity contribution is 5.82. The predicted molar refractivity (Wildman–Crippen MR) is 131 cm³/mol. The molecule has 1 fully saturated rings. The maximum Gasteiger partial charge on any atom is 0.118 e. The quantitative estimate of drug-likeness (QED) is 0.320. The largest absolute Gasteiger partial charge is 0.497 e. The molecule has 1 aliphatic rings. The predicted octanol–water partition coefficient (Wildman–Crippen LogP) is 7.62. The number of methoxy groups -OCH3 is 1. The van der Waals surface area contributed by atoms with Crippen LogP contribution in [0.25, 0.3) is 11.6 Å². The van der Waals surface area contributed by atoms with Crippen LogP contribution in [0.3, 0.4) is 0 Å². The van der Waals surface area contributed by atoms with Crippen molar-refractivity contribution in [3.63, 3.8) is 0 Å². The lowest BCUT2D eigenvalue weighted by atomic mass is 9.88. The molecule has 1 saturated carbocycles. The van der Waals surface area contributed by atoms with Crippen molar-refractivity contribution in [2.24, 2.45) is 0 Å². The van der Waals surface area contributed by atoms with E-state index >= 15 is 0 Å². The first-order chi connectivity index (χ1) is 15.1. The molecule has 0 N–H and O–H groups in total. The number of allylic oxidation sites excluding steroid dienone is 1. The van der Waals surface area contributed by atoms with Crippen molar-refractivity contribution in [2.45, 2.75) is 45.4 Å². The monoisotopic (exact) mass is 406 g/mol. The average Bonchev–Trinajstić information content (AvgIpc) is 3.34. The van der Waals surface area contributed by atoms with Crippen LogP contribution in [0.4, 0.5) is 0 Å². The van der Waals surface area contributed by atoms with Crippen LogP contribution in [0.2, 0.25) is 0 Å². The van der Waals surface area contributed by atoms with Gasteiger partial charge in [-0.05, 0) is 91.3 Å². The minimum absolute atomic E-state index is 0.635. The van der Waals surface area contributed by atoms with Crippen LogP contribution in [-0.4, -0.2) is 7.11 Å². The molecule has 0 heterocycles. The lowest BCUT2D eigenvalue weighted by molar-refractivity contribution is 0.415. The van der Waals surface area contributed by atoms with E-state index in [1.807, 2.05) is 12.1 Å². The number of aryl methyl sites for hydroxylation is 1. The zero-order valence-corrected chi connectivity index (χ0v) is 18.7. The summed E-state index contributed by atoms with van der Waals surface area (Å²) in [6.45, 7) is 4.32. The van der Waals surface area contributed by atoms with E-state index in [1.165, 1.54) is 53.5 Å². The molecule has 0 amide bonds. The molecule has 0 aromatic heterocycles. The van der Waals surface area contributed by atoms with Gasteiger partial charge in [0.1, 0.15) is 5.75 Å². The van der Waals surface area contributed by atoms with Crippen LogP contribution < -0.4 is 4.74 Å². The molecule has 156 valence electrons. The molecule has 3 aromatic rings. The average molecular weight is 407 g/mol. The van der Waals surface area contributed by atoms with Crippen molar-refractivity contribution in [1.82, 2.24) is 0 Å². The van der Waals surface area contributed by atoms with Crippen LogP contribution in [0.15, 0.2) is 66.7 Å². The summed E-state index contributed by atoms with van der Waals surface area (Å²) in [4.78, 5) is 0. The smallest absolute Gasteiger partial charge is 0.118 e. The van der Waals surface area contributed by atoms with Gasteiger partial charge in [-0.3, -0.25) is 0 Å². The van der Waals surface area contributed by atoms with Crippen molar-refractivity contribution in [2.75, 3.05) is 7.11 Å². The first-order valence-corrected chi connectivity index (χ1v) is 11.2. The Bertz CT molecular complexity index is 1120. The first-order valence-electron chi connectivity index (χ1n) is 11.2. The number of hydrogen-bond donors (Lipinski definition) is 0. The Morgan fingerprint density at radius 1 is 0.871 bits per heavy atom. The van der Waals surface area contributed by atoms with E-state index in [4.69, 9.17) is 4.74 Å². The van der Waals surface area contributed by atoms with Gasteiger partial charge in [0, 0.05) is 11.1 Å². The third-order valence-corrected chi connectivity index (χ3v) is 6.17. The molecule has 0 bridgehead atoms. The van der Waals surface area contributed by atoms with Crippen molar-refractivity contribution in [3.05, 3.63) is 100 Å². The van der Waals surface area contributed by atoms with E-state index in [9.17, 15) is 0 Å². The highest BCUT2D eigenvalue weighted by Crippen LogP contribution is 2.38. The first kappa shape index (κ1) is 21.0. The van der Waals surface area contributed by atoms with E-state index in [-0.39, 0.29) is 0 Å². The maximum atomic E-state index is 5.29. The van der Waals surface area contributed by atoms with Gasteiger partial charge in [-0.15, -0.1) is 0 Å². The summed E-state index contributed by atoms with van der Waals surface area (Å²) in [5.74, 6) is 8.24. The Labute approximate surface area is 186 Å². The highest BCUT2D eigenvalue weighted by Gasteiger charge is 2.20. The summed E-state index contributed by atoms with van der Waals surface area (Å²) in [5.41, 5.74) is 8.72. The molecule has 1 nitrogen and oxygen atoms in total. The molecule has 3 aromatic carbocycles. The van der Waals surface area contributed by atoms with Gasteiger partial charge < -0.3 is 4.74 Å². The van der Waals surface area contributed by atoms with E-state index in [1.54, 1.807) is 7.11 Å². The molecule has 4 rings (SSSR count). The summed E-state index contributed by atoms with van der Waals surface area (Å²) in [6.07, 6.45) is 7.47. The van der Waals surface area contributed by atoms with Crippen molar-refractivity contribution in [3.8, 4) is 17.6 Å². The Morgan fingerprint density at radius 2 is 1.52 bits per heavy atom. The number of hydrogen-bond acceptors (Lipinski definition) is 1. The summed E-state index contributed by atoms with van der Waals surface area (Å²) in [6, 6.07) is 23.4. The minimum atomic E-state index is 0.635. The maximum absolute atomic E-state index is 5.29. The molecule has 1 heteroatoms. The molecular formula is C30H30O. The number of rotatable bonds is 4. The van der Waals surface area contributed by atoms with E-state index in [0.29, 0.717) is 5.92 Å². The molecule has 31 heavy (non-hydrogen) atoms. The fourth-order valence-corrected chi connectivity index (χ4v) is 4.38. The number of benzene rings is 3. The normalized spacial score (nSPS) is 14.2. The Balaban J connectivity index is 1.67. The zero-order valence-electron chi connectivity index (χ0n) is 18.7. The van der Waals surface area contributed by atoms with Crippen LogP contribution in [0.1, 0.15) is 71.9 Å². The van der Waals surface area contributed by atoms with Crippen LogP contribution >= 0.6 is 0 Å². The molecule has 0 unspecified atom stereocenters. The lowest BCUT2D eigenvalue weighted by Crippen LogP contribution is -1.99. The summed E-state index contributed by atoms with van der Waals surface area (Å²) >= 11 is 0. The van der Waals surface area contributed by atoms with E-state index < -0.39 is 0 Å². The zero-order chi connectivity index (χ0) is 21.6. The Kier molecular flexibility index (Phi) is 6.58.